The summed E-state index contributed by atoms with van der Waals surface area (Å²) in [6.07, 6.45) is 0. The summed E-state index contributed by atoms with van der Waals surface area (Å²) >= 11 is 0. The van der Waals surface area contributed by atoms with Crippen LogP contribution >= 0.6 is 0 Å². The molecule has 1 aromatic heterocycles. The van der Waals surface area contributed by atoms with E-state index in [9.17, 15) is 9.59 Å². The maximum absolute atomic E-state index is 12.1. The number of benzene rings is 1. The van der Waals surface area contributed by atoms with E-state index in [4.69, 9.17) is 0 Å². The van der Waals surface area contributed by atoms with Crippen LogP contribution in [-0.4, -0.2) is 15.6 Å². The Labute approximate surface area is 92.5 Å². The highest BCUT2D eigenvalue weighted by Gasteiger charge is 2.18. The fourth-order valence-corrected chi connectivity index (χ4v) is 1.69. The molecule has 1 aromatic carbocycles. The molecule has 0 aliphatic carbocycles. The fraction of sp³-hybridized carbons (Fsp3) is 0.167. The maximum Gasteiger partial charge on any atom is 0.277 e. The quantitative estimate of drug-likeness (QED) is 0.768. The Morgan fingerprint density at radius 3 is 2.38 bits per heavy atom. The summed E-state index contributed by atoms with van der Waals surface area (Å²) < 4.78 is 1.31. The van der Waals surface area contributed by atoms with Gasteiger partial charge in [0.05, 0.1) is 0 Å². The van der Waals surface area contributed by atoms with Crippen molar-refractivity contribution in [2.24, 2.45) is 7.05 Å². The Morgan fingerprint density at radius 2 is 1.88 bits per heavy atom. The number of carbonyl (C=O) groups excluding carboxylic acids is 1. The average Bonchev–Trinajstić information content (AvgIpc) is 2.54. The topological polar surface area (TPSA) is 54.9 Å². The van der Waals surface area contributed by atoms with Gasteiger partial charge in [0.15, 0.2) is 5.78 Å². The Morgan fingerprint density at radius 1 is 1.25 bits per heavy atom. The van der Waals surface area contributed by atoms with Gasteiger partial charge in [-0.15, -0.1) is 0 Å². The number of hydrogen-bond acceptors (Lipinski definition) is 2. The van der Waals surface area contributed by atoms with Crippen LogP contribution in [0.2, 0.25) is 0 Å². The zero-order valence-electron chi connectivity index (χ0n) is 9.15. The Balaban J connectivity index is 2.55. The predicted molar refractivity (Wildman–Crippen MR) is 60.6 cm³/mol. The third kappa shape index (κ3) is 1.58. The molecule has 2 aromatic rings. The van der Waals surface area contributed by atoms with Crippen molar-refractivity contribution in [2.45, 2.75) is 6.92 Å². The van der Waals surface area contributed by atoms with Crippen LogP contribution in [0.4, 0.5) is 0 Å². The van der Waals surface area contributed by atoms with Crippen molar-refractivity contribution in [3.05, 3.63) is 57.5 Å². The molecule has 0 fully saturated rings. The number of H-pyrrole nitrogens is 1. The molecule has 0 saturated carbocycles. The van der Waals surface area contributed by atoms with E-state index in [1.807, 2.05) is 6.07 Å². The van der Waals surface area contributed by atoms with Gasteiger partial charge >= 0.3 is 0 Å². The fourth-order valence-electron chi connectivity index (χ4n) is 1.69. The standard InChI is InChI=1S/C12H12N2O2/c1-8-10(12(16)14(2)13-8)11(15)9-6-4-3-5-7-9/h3-7,13H,1-2H3. The zero-order valence-corrected chi connectivity index (χ0v) is 9.15. The van der Waals surface area contributed by atoms with Gasteiger partial charge in [-0.1, -0.05) is 30.3 Å². The van der Waals surface area contributed by atoms with Crippen molar-refractivity contribution in [2.75, 3.05) is 0 Å². The number of aromatic nitrogens is 2. The number of carbonyl (C=O) groups is 1. The largest absolute Gasteiger partial charge is 0.299 e. The van der Waals surface area contributed by atoms with Gasteiger partial charge < -0.3 is 0 Å². The highest BCUT2D eigenvalue weighted by atomic mass is 16.2. The third-order valence-electron chi connectivity index (χ3n) is 2.49. The lowest BCUT2D eigenvalue weighted by molar-refractivity contribution is 0.103. The summed E-state index contributed by atoms with van der Waals surface area (Å²) in [5.74, 6) is -0.236. The van der Waals surface area contributed by atoms with Gasteiger partial charge in [0.1, 0.15) is 5.56 Å². The molecule has 0 amide bonds. The summed E-state index contributed by atoms with van der Waals surface area (Å²) in [7, 11) is 1.59. The van der Waals surface area contributed by atoms with Crippen molar-refractivity contribution >= 4 is 5.78 Å². The van der Waals surface area contributed by atoms with Gasteiger partial charge in [-0.2, -0.15) is 0 Å². The molecule has 0 spiro atoms. The lowest BCUT2D eigenvalue weighted by atomic mass is 10.0. The number of nitrogens with zero attached hydrogens (tertiary/aromatic N) is 1. The molecule has 1 heterocycles. The monoisotopic (exact) mass is 216 g/mol. The van der Waals surface area contributed by atoms with Crippen molar-refractivity contribution in [1.29, 1.82) is 0 Å². The first-order valence-electron chi connectivity index (χ1n) is 4.96. The molecule has 4 heteroatoms. The van der Waals surface area contributed by atoms with Crippen LogP contribution in [0, 0.1) is 6.92 Å². The SMILES string of the molecule is Cc1[nH]n(C)c(=O)c1C(=O)c1ccccc1. The van der Waals surface area contributed by atoms with Crippen LogP contribution in [-0.2, 0) is 7.05 Å². The van der Waals surface area contributed by atoms with Crippen LogP contribution < -0.4 is 5.56 Å². The first-order valence-corrected chi connectivity index (χ1v) is 4.96. The van der Waals surface area contributed by atoms with Crippen molar-refractivity contribution in [3.63, 3.8) is 0 Å². The summed E-state index contributed by atoms with van der Waals surface area (Å²) in [5, 5.41) is 2.81. The number of aromatic amines is 1. The second-order valence-corrected chi connectivity index (χ2v) is 3.67. The Hall–Kier alpha value is -2.10. The highest BCUT2D eigenvalue weighted by Crippen LogP contribution is 2.08. The molecule has 2 rings (SSSR count). The minimum Gasteiger partial charge on any atom is -0.299 e. The first kappa shape index (κ1) is 10.4. The predicted octanol–water partition coefficient (Wildman–Crippen LogP) is 1.25. The average molecular weight is 216 g/mol. The lowest BCUT2D eigenvalue weighted by Crippen LogP contribution is -2.19. The van der Waals surface area contributed by atoms with Gasteiger partial charge in [-0.25, -0.2) is 0 Å². The van der Waals surface area contributed by atoms with Crippen molar-refractivity contribution in [1.82, 2.24) is 9.78 Å². The van der Waals surface area contributed by atoms with Gasteiger partial charge in [0, 0.05) is 18.3 Å². The van der Waals surface area contributed by atoms with E-state index in [0.717, 1.165) is 0 Å². The van der Waals surface area contributed by atoms with E-state index in [-0.39, 0.29) is 16.9 Å². The molecule has 0 bridgehead atoms. The molecule has 1 N–H and O–H groups in total. The molecular weight excluding hydrogens is 204 g/mol. The second kappa shape index (κ2) is 3.81. The minimum atomic E-state index is -0.286. The van der Waals surface area contributed by atoms with E-state index < -0.39 is 0 Å². The molecule has 0 atom stereocenters. The van der Waals surface area contributed by atoms with Crippen molar-refractivity contribution in [3.8, 4) is 0 Å². The summed E-state index contributed by atoms with van der Waals surface area (Å²) in [6.45, 7) is 1.72. The van der Waals surface area contributed by atoms with E-state index in [0.29, 0.717) is 11.3 Å². The van der Waals surface area contributed by atoms with Gasteiger partial charge in [-0.05, 0) is 6.92 Å². The van der Waals surface area contributed by atoms with E-state index in [2.05, 4.69) is 5.10 Å². The van der Waals surface area contributed by atoms with Gasteiger partial charge in [-0.3, -0.25) is 19.4 Å². The molecule has 4 nitrogen and oxygen atoms in total. The molecule has 0 unspecified atom stereocenters. The molecule has 0 radical (unpaired) electrons. The van der Waals surface area contributed by atoms with E-state index >= 15 is 0 Å². The molecule has 0 saturated heterocycles. The number of ketones is 1. The van der Waals surface area contributed by atoms with Gasteiger partial charge in [0.25, 0.3) is 5.56 Å². The maximum atomic E-state index is 12.1. The normalized spacial score (nSPS) is 10.4. The van der Waals surface area contributed by atoms with Crippen LogP contribution in [0.25, 0.3) is 0 Å². The molecule has 0 aliphatic rings. The number of nitrogens with one attached hydrogen (secondary N) is 1. The van der Waals surface area contributed by atoms with E-state index in [1.165, 1.54) is 4.68 Å². The molecular formula is C12H12N2O2. The molecule has 16 heavy (non-hydrogen) atoms. The lowest BCUT2D eigenvalue weighted by Gasteiger charge is -1.97. The van der Waals surface area contributed by atoms with Crippen LogP contribution in [0.1, 0.15) is 21.6 Å². The summed E-state index contributed by atoms with van der Waals surface area (Å²) in [4.78, 5) is 23.8. The molecule has 82 valence electrons. The van der Waals surface area contributed by atoms with E-state index in [1.54, 1.807) is 38.2 Å². The first-order chi connectivity index (χ1) is 7.61. The number of rotatable bonds is 2. The Kier molecular flexibility index (Phi) is 2.48. The summed E-state index contributed by atoms with van der Waals surface area (Å²) in [6, 6.07) is 8.79. The van der Waals surface area contributed by atoms with Crippen LogP contribution in [0.3, 0.4) is 0 Å². The zero-order chi connectivity index (χ0) is 11.7. The Bertz CT molecular complexity index is 579. The summed E-state index contributed by atoms with van der Waals surface area (Å²) in [5.41, 5.74) is 1.06. The minimum absolute atomic E-state index is 0.216. The number of aryl methyl sites for hydroxylation is 2. The second-order valence-electron chi connectivity index (χ2n) is 3.67. The van der Waals surface area contributed by atoms with Gasteiger partial charge in [0.2, 0.25) is 0 Å². The van der Waals surface area contributed by atoms with Crippen molar-refractivity contribution < 1.29 is 4.79 Å². The van der Waals surface area contributed by atoms with Crippen LogP contribution in [0.15, 0.2) is 35.1 Å². The smallest absolute Gasteiger partial charge is 0.277 e. The molecule has 0 aliphatic heterocycles. The van der Waals surface area contributed by atoms with Crippen LogP contribution in [0.5, 0.6) is 0 Å². The highest BCUT2D eigenvalue weighted by molar-refractivity contribution is 6.09. The number of hydrogen-bond donors (Lipinski definition) is 1. The third-order valence-corrected chi connectivity index (χ3v) is 2.49.